The Bertz CT molecular complexity index is 635. The normalized spacial score (nSPS) is 14.3. The minimum absolute atomic E-state index is 0.182. The number of phenols is 1. The van der Waals surface area contributed by atoms with Crippen molar-refractivity contribution in [2.75, 3.05) is 6.54 Å². The summed E-state index contributed by atoms with van der Waals surface area (Å²) in [5.74, 6) is 0.861. The molecule has 19 heavy (non-hydrogen) atoms. The number of carbonyl (C=O) groups excluding carboxylic acids is 1. The van der Waals surface area contributed by atoms with Crippen LogP contribution in [0.4, 0.5) is 0 Å². The molecule has 98 valence electrons. The second-order valence-electron chi connectivity index (χ2n) is 4.67. The van der Waals surface area contributed by atoms with Crippen LogP contribution in [0, 0.1) is 6.92 Å². The van der Waals surface area contributed by atoms with Gasteiger partial charge in [-0.3, -0.25) is 9.89 Å². The number of hydrogen-bond acceptors (Lipinski definition) is 4. The number of carbonyl (C=O) groups is 1. The maximum Gasteiger partial charge on any atom is 0.293 e. The molecule has 0 aliphatic carbocycles. The molecule has 6 nitrogen and oxygen atoms in total. The van der Waals surface area contributed by atoms with Crippen molar-refractivity contribution in [3.05, 3.63) is 41.0 Å². The van der Waals surface area contributed by atoms with Gasteiger partial charge in [-0.05, 0) is 36.6 Å². The molecule has 0 atom stereocenters. The van der Waals surface area contributed by atoms with Gasteiger partial charge in [-0.1, -0.05) is 6.07 Å². The lowest BCUT2D eigenvalue weighted by Crippen LogP contribution is -2.36. The van der Waals surface area contributed by atoms with E-state index in [1.54, 1.807) is 24.0 Å². The molecular weight excluding hydrogens is 244 g/mol. The number of nitrogens with one attached hydrogen (secondary N) is 1. The zero-order chi connectivity index (χ0) is 13.4. The van der Waals surface area contributed by atoms with Crippen LogP contribution in [0.3, 0.4) is 0 Å². The van der Waals surface area contributed by atoms with Gasteiger partial charge in [0.2, 0.25) is 5.82 Å². The molecule has 1 amide bonds. The molecule has 2 N–H and O–H groups in total. The lowest BCUT2D eigenvalue weighted by atomic mass is 9.99. The first-order valence-corrected chi connectivity index (χ1v) is 6.12. The van der Waals surface area contributed by atoms with Crippen molar-refractivity contribution < 1.29 is 9.90 Å². The van der Waals surface area contributed by atoms with E-state index in [0.717, 1.165) is 12.0 Å². The predicted octanol–water partition coefficient (Wildman–Crippen LogP) is 1.02. The summed E-state index contributed by atoms with van der Waals surface area (Å²) in [6.07, 6.45) is 0.782. The van der Waals surface area contributed by atoms with Crippen molar-refractivity contribution in [1.29, 1.82) is 0 Å². The van der Waals surface area contributed by atoms with Crippen LogP contribution in [0.5, 0.6) is 5.75 Å². The number of fused-ring (bicyclic) bond motifs is 1. The number of aromatic nitrogens is 3. The average Bonchev–Trinajstić information content (AvgIpc) is 2.83. The summed E-state index contributed by atoms with van der Waals surface area (Å²) in [6, 6.07) is 5.29. The van der Waals surface area contributed by atoms with E-state index >= 15 is 0 Å². The third-order valence-corrected chi connectivity index (χ3v) is 3.28. The van der Waals surface area contributed by atoms with Crippen molar-refractivity contribution >= 4 is 5.91 Å². The van der Waals surface area contributed by atoms with Crippen molar-refractivity contribution in [1.82, 2.24) is 20.1 Å². The standard InChI is InChI=1S/C13H14N4O2/c1-8-14-12(16-15-8)13(19)17-5-4-9-2-3-11(18)6-10(9)7-17/h2-3,6,18H,4-5,7H2,1H3,(H,14,15,16). The fourth-order valence-electron chi connectivity index (χ4n) is 2.30. The van der Waals surface area contributed by atoms with Crippen molar-refractivity contribution in [2.24, 2.45) is 0 Å². The van der Waals surface area contributed by atoms with E-state index in [1.807, 2.05) is 6.07 Å². The van der Waals surface area contributed by atoms with Gasteiger partial charge in [-0.25, -0.2) is 4.98 Å². The van der Waals surface area contributed by atoms with E-state index < -0.39 is 0 Å². The first-order valence-electron chi connectivity index (χ1n) is 6.12. The highest BCUT2D eigenvalue weighted by atomic mass is 16.3. The number of aryl methyl sites for hydroxylation is 1. The summed E-state index contributed by atoms with van der Waals surface area (Å²) in [6.45, 7) is 2.88. The number of aromatic amines is 1. The maximum absolute atomic E-state index is 12.2. The molecule has 0 radical (unpaired) electrons. The molecule has 0 saturated carbocycles. The van der Waals surface area contributed by atoms with Crippen LogP contribution in [-0.4, -0.2) is 37.6 Å². The Morgan fingerprint density at radius 3 is 3.00 bits per heavy atom. The van der Waals surface area contributed by atoms with Gasteiger partial charge in [0, 0.05) is 13.1 Å². The van der Waals surface area contributed by atoms with Gasteiger partial charge < -0.3 is 10.0 Å². The molecule has 1 aromatic carbocycles. The molecular formula is C13H14N4O2. The van der Waals surface area contributed by atoms with E-state index in [-0.39, 0.29) is 17.5 Å². The zero-order valence-corrected chi connectivity index (χ0v) is 10.6. The van der Waals surface area contributed by atoms with Gasteiger partial charge >= 0.3 is 0 Å². The van der Waals surface area contributed by atoms with Gasteiger partial charge in [0.25, 0.3) is 5.91 Å². The summed E-state index contributed by atoms with van der Waals surface area (Å²) >= 11 is 0. The summed E-state index contributed by atoms with van der Waals surface area (Å²) in [5.41, 5.74) is 2.15. The number of phenolic OH excluding ortho intramolecular Hbond substituents is 1. The van der Waals surface area contributed by atoms with Crippen LogP contribution in [0.1, 0.15) is 27.6 Å². The fraction of sp³-hybridized carbons (Fsp3) is 0.308. The highest BCUT2D eigenvalue weighted by Crippen LogP contribution is 2.23. The minimum atomic E-state index is -0.182. The second-order valence-corrected chi connectivity index (χ2v) is 4.67. The van der Waals surface area contributed by atoms with E-state index in [4.69, 9.17) is 0 Å². The molecule has 1 aliphatic rings. The molecule has 0 spiro atoms. The molecule has 0 bridgehead atoms. The lowest BCUT2D eigenvalue weighted by molar-refractivity contribution is 0.0722. The molecule has 1 aliphatic heterocycles. The third-order valence-electron chi connectivity index (χ3n) is 3.28. The highest BCUT2D eigenvalue weighted by molar-refractivity contribution is 5.90. The quantitative estimate of drug-likeness (QED) is 0.800. The first-order chi connectivity index (χ1) is 9.13. The molecule has 0 unspecified atom stereocenters. The van der Waals surface area contributed by atoms with Crippen LogP contribution in [0.15, 0.2) is 18.2 Å². The topological polar surface area (TPSA) is 82.1 Å². The Kier molecular flexibility index (Phi) is 2.70. The van der Waals surface area contributed by atoms with Gasteiger partial charge in [0.05, 0.1) is 0 Å². The zero-order valence-electron chi connectivity index (χ0n) is 10.6. The monoisotopic (exact) mass is 258 g/mol. The van der Waals surface area contributed by atoms with E-state index in [2.05, 4.69) is 15.2 Å². The molecule has 2 aromatic rings. The van der Waals surface area contributed by atoms with Crippen molar-refractivity contribution in [3.63, 3.8) is 0 Å². The Morgan fingerprint density at radius 1 is 1.42 bits per heavy atom. The largest absolute Gasteiger partial charge is 0.508 e. The third kappa shape index (κ3) is 2.16. The van der Waals surface area contributed by atoms with Crippen LogP contribution < -0.4 is 0 Å². The molecule has 2 heterocycles. The van der Waals surface area contributed by atoms with E-state index in [9.17, 15) is 9.90 Å². The number of nitrogens with zero attached hydrogens (tertiary/aromatic N) is 3. The highest BCUT2D eigenvalue weighted by Gasteiger charge is 2.24. The first kappa shape index (κ1) is 11.7. The minimum Gasteiger partial charge on any atom is -0.508 e. The number of hydrogen-bond donors (Lipinski definition) is 2. The Hall–Kier alpha value is -2.37. The number of H-pyrrole nitrogens is 1. The Morgan fingerprint density at radius 2 is 2.26 bits per heavy atom. The van der Waals surface area contributed by atoms with Gasteiger partial charge in [-0.2, -0.15) is 0 Å². The van der Waals surface area contributed by atoms with E-state index in [0.29, 0.717) is 18.9 Å². The average molecular weight is 258 g/mol. The van der Waals surface area contributed by atoms with Gasteiger partial charge in [0.15, 0.2) is 0 Å². The Labute approximate surface area is 110 Å². The van der Waals surface area contributed by atoms with Crippen LogP contribution in [0.25, 0.3) is 0 Å². The molecule has 0 fully saturated rings. The molecule has 6 heteroatoms. The van der Waals surface area contributed by atoms with Gasteiger partial charge in [0.1, 0.15) is 11.6 Å². The summed E-state index contributed by atoms with van der Waals surface area (Å²) in [7, 11) is 0. The molecule has 3 rings (SSSR count). The number of amides is 1. The van der Waals surface area contributed by atoms with Gasteiger partial charge in [-0.15, -0.1) is 5.10 Å². The summed E-state index contributed by atoms with van der Waals surface area (Å²) < 4.78 is 0. The predicted molar refractivity (Wildman–Crippen MR) is 67.7 cm³/mol. The van der Waals surface area contributed by atoms with Crippen LogP contribution in [0.2, 0.25) is 0 Å². The fourth-order valence-corrected chi connectivity index (χ4v) is 2.30. The lowest BCUT2D eigenvalue weighted by Gasteiger charge is -2.28. The molecule has 0 saturated heterocycles. The number of benzene rings is 1. The second kappa shape index (κ2) is 4.38. The number of rotatable bonds is 1. The maximum atomic E-state index is 12.2. The smallest absolute Gasteiger partial charge is 0.293 e. The van der Waals surface area contributed by atoms with Crippen molar-refractivity contribution in [3.8, 4) is 5.75 Å². The van der Waals surface area contributed by atoms with Crippen molar-refractivity contribution in [2.45, 2.75) is 19.9 Å². The number of aromatic hydroxyl groups is 1. The van der Waals surface area contributed by atoms with Crippen LogP contribution in [-0.2, 0) is 13.0 Å². The Balaban J connectivity index is 1.83. The summed E-state index contributed by atoms with van der Waals surface area (Å²) in [5, 5.41) is 16.1. The van der Waals surface area contributed by atoms with Crippen LogP contribution >= 0.6 is 0 Å². The summed E-state index contributed by atoms with van der Waals surface area (Å²) in [4.78, 5) is 18.0. The van der Waals surface area contributed by atoms with E-state index in [1.165, 1.54) is 5.56 Å². The molecule has 1 aromatic heterocycles. The SMILES string of the molecule is Cc1nc(C(=O)N2CCc3ccc(O)cc3C2)n[nH]1.